The lowest BCUT2D eigenvalue weighted by atomic mass is 10.0. The van der Waals surface area contributed by atoms with E-state index in [1.165, 1.54) is 7.11 Å². The molecular weight excluding hydrogens is 722 g/mol. The number of phenols is 1. The summed E-state index contributed by atoms with van der Waals surface area (Å²) in [5.41, 5.74) is 5.08. The highest BCUT2D eigenvalue weighted by molar-refractivity contribution is 9.10. The first-order valence-corrected chi connectivity index (χ1v) is 18.6. The number of piperidine rings is 2. The Balaban J connectivity index is 1.03. The van der Waals surface area contributed by atoms with Crippen molar-refractivity contribution >= 4 is 45.6 Å². The van der Waals surface area contributed by atoms with Crippen LogP contribution in [0, 0.1) is 0 Å². The number of urea groups is 1. The summed E-state index contributed by atoms with van der Waals surface area (Å²) in [4.78, 5) is 67.2. The Kier molecular flexibility index (Phi) is 12.3. The largest absolute Gasteiger partial charge is 0.507 e. The van der Waals surface area contributed by atoms with Crippen molar-refractivity contribution in [2.75, 3.05) is 77.9 Å². The molecule has 4 aliphatic rings. The molecule has 0 bridgehead atoms. The number of likely N-dealkylation sites (tertiary alicyclic amines) is 2. The van der Waals surface area contributed by atoms with E-state index in [1.807, 2.05) is 29.2 Å². The number of ether oxygens (including phenoxy) is 1. The van der Waals surface area contributed by atoms with E-state index in [4.69, 9.17) is 9.57 Å². The van der Waals surface area contributed by atoms with Crippen LogP contribution in [0.15, 0.2) is 46.9 Å². The SMILES string of the molecule is CONC(=O)CN1CCC(N2CCN(C(=O)C(Cc3ccc(O)c(Br)c3)OC(=O)N3CCC(N4CCc5ccccc5NC4=O)CC3)CC2)CC1. The average Bonchev–Trinajstić information content (AvgIpc) is 3.31. The van der Waals surface area contributed by atoms with Gasteiger partial charge >= 0.3 is 12.1 Å². The van der Waals surface area contributed by atoms with E-state index < -0.39 is 12.2 Å². The van der Waals surface area contributed by atoms with E-state index >= 15 is 0 Å². The molecule has 0 aromatic heterocycles. The van der Waals surface area contributed by atoms with Crippen LogP contribution in [0.2, 0.25) is 0 Å². The Hall–Kier alpha value is -3.92. The van der Waals surface area contributed by atoms with Crippen molar-refractivity contribution in [3.8, 4) is 5.75 Å². The highest BCUT2D eigenvalue weighted by Crippen LogP contribution is 2.28. The smallest absolute Gasteiger partial charge is 0.410 e. The number of amides is 5. The molecule has 14 nitrogen and oxygen atoms in total. The molecule has 1 unspecified atom stereocenters. The number of hydrogen-bond acceptors (Lipinski definition) is 9. The third-order valence-electron chi connectivity index (χ3n) is 10.5. The Morgan fingerprint density at radius 3 is 2.33 bits per heavy atom. The highest BCUT2D eigenvalue weighted by atomic mass is 79.9. The summed E-state index contributed by atoms with van der Waals surface area (Å²) in [5, 5.41) is 13.1. The summed E-state index contributed by atoms with van der Waals surface area (Å²) in [7, 11) is 1.43. The summed E-state index contributed by atoms with van der Waals surface area (Å²) in [6, 6.07) is 13.1. The van der Waals surface area contributed by atoms with Crippen LogP contribution in [0.1, 0.15) is 36.8 Å². The molecule has 5 amide bonds. The van der Waals surface area contributed by atoms with Crippen LogP contribution in [-0.4, -0.2) is 144 Å². The fourth-order valence-electron chi connectivity index (χ4n) is 7.67. The second-order valence-corrected chi connectivity index (χ2v) is 14.6. The molecule has 2 aromatic carbocycles. The zero-order valence-electron chi connectivity index (χ0n) is 29.1. The number of rotatable bonds is 9. The number of nitrogens with one attached hydrogen (secondary N) is 2. The van der Waals surface area contributed by atoms with Crippen LogP contribution >= 0.6 is 15.9 Å². The van der Waals surface area contributed by atoms with Gasteiger partial charge in [0.05, 0.1) is 18.1 Å². The highest BCUT2D eigenvalue weighted by Gasteiger charge is 2.36. The Morgan fingerprint density at radius 1 is 0.922 bits per heavy atom. The van der Waals surface area contributed by atoms with E-state index in [1.54, 1.807) is 28.0 Å². The van der Waals surface area contributed by atoms with Crippen LogP contribution in [0.5, 0.6) is 5.75 Å². The van der Waals surface area contributed by atoms with Gasteiger partial charge in [-0.15, -0.1) is 0 Å². The van der Waals surface area contributed by atoms with E-state index in [-0.39, 0.29) is 36.1 Å². The Morgan fingerprint density at radius 2 is 1.63 bits per heavy atom. The number of fused-ring (bicyclic) bond motifs is 1. The van der Waals surface area contributed by atoms with E-state index in [0.717, 1.165) is 49.2 Å². The third kappa shape index (κ3) is 9.31. The standard InChI is InChI=1S/C36H48BrN7O7/c1-50-39-33(46)24-40-13-9-27(10-14-40)41-18-20-42(21-19-41)34(47)32(23-25-6-7-31(45)29(37)22-25)51-36(49)43-15-11-28(12-16-43)44-17-8-26-4-2-3-5-30(26)38-35(44)48/h2-7,22,27-28,32,45H,8-21,23-24H2,1H3,(H,38,48)(H,39,46). The topological polar surface area (TPSA) is 147 Å². The van der Waals surface area contributed by atoms with E-state index in [2.05, 4.69) is 36.5 Å². The fourth-order valence-corrected chi connectivity index (χ4v) is 8.09. The van der Waals surface area contributed by atoms with Gasteiger partial charge in [-0.1, -0.05) is 24.3 Å². The molecule has 4 aliphatic heterocycles. The van der Waals surface area contributed by atoms with Crippen molar-refractivity contribution < 1.29 is 33.9 Å². The lowest BCUT2D eigenvalue weighted by Crippen LogP contribution is -2.57. The number of phenolic OH excluding ortho intramolecular Hbond substituents is 1. The number of hydrogen-bond donors (Lipinski definition) is 3. The summed E-state index contributed by atoms with van der Waals surface area (Å²) >= 11 is 3.36. The zero-order chi connectivity index (χ0) is 35.9. The van der Waals surface area contributed by atoms with E-state index in [0.29, 0.717) is 75.7 Å². The Bertz CT molecular complexity index is 1560. The van der Waals surface area contributed by atoms with Gasteiger partial charge in [-0.3, -0.25) is 24.2 Å². The molecule has 0 spiro atoms. The first-order valence-electron chi connectivity index (χ1n) is 17.8. The molecule has 15 heteroatoms. The number of halogens is 1. The average molecular weight is 771 g/mol. The predicted molar refractivity (Wildman–Crippen MR) is 193 cm³/mol. The molecule has 3 N–H and O–H groups in total. The molecule has 3 saturated heterocycles. The van der Waals surface area contributed by atoms with Gasteiger partial charge in [-0.25, -0.2) is 15.1 Å². The minimum atomic E-state index is -1.03. The third-order valence-corrected chi connectivity index (χ3v) is 11.2. The Labute approximate surface area is 307 Å². The van der Waals surface area contributed by atoms with Gasteiger partial charge < -0.3 is 29.9 Å². The van der Waals surface area contributed by atoms with Crippen molar-refractivity contribution in [2.45, 2.75) is 56.7 Å². The number of carbonyl (C=O) groups is 4. The number of para-hydroxylation sites is 1. The monoisotopic (exact) mass is 769 g/mol. The van der Waals surface area contributed by atoms with E-state index in [9.17, 15) is 24.3 Å². The second kappa shape index (κ2) is 17.1. The lowest BCUT2D eigenvalue weighted by Gasteiger charge is -2.43. The van der Waals surface area contributed by atoms with Crippen molar-refractivity contribution in [3.63, 3.8) is 0 Å². The van der Waals surface area contributed by atoms with Gasteiger partial charge in [0.1, 0.15) is 5.75 Å². The van der Waals surface area contributed by atoms with Gasteiger partial charge in [0.2, 0.25) is 0 Å². The fraction of sp³-hybridized carbons (Fsp3) is 0.556. The molecule has 3 fully saturated rings. The number of carbonyl (C=O) groups excluding carboxylic acids is 4. The molecule has 4 heterocycles. The summed E-state index contributed by atoms with van der Waals surface area (Å²) in [6.07, 6.45) is 2.47. The molecule has 2 aromatic rings. The molecule has 0 aliphatic carbocycles. The lowest BCUT2D eigenvalue weighted by molar-refractivity contribution is -0.143. The first kappa shape index (κ1) is 36.9. The molecule has 51 heavy (non-hydrogen) atoms. The number of benzene rings is 2. The van der Waals surface area contributed by atoms with Crippen LogP contribution in [0.3, 0.4) is 0 Å². The number of hydroxylamine groups is 1. The molecule has 0 saturated carbocycles. The van der Waals surface area contributed by atoms with Crippen LogP contribution in [0.4, 0.5) is 15.3 Å². The molecular formula is C36H48BrN7O7. The van der Waals surface area contributed by atoms with Gasteiger partial charge in [0.25, 0.3) is 11.8 Å². The molecule has 0 radical (unpaired) electrons. The maximum absolute atomic E-state index is 14.0. The molecule has 276 valence electrons. The van der Waals surface area contributed by atoms with Crippen LogP contribution < -0.4 is 10.8 Å². The van der Waals surface area contributed by atoms with Crippen molar-refractivity contribution in [1.82, 2.24) is 30.0 Å². The number of aromatic hydroxyl groups is 1. The number of piperazine rings is 1. The van der Waals surface area contributed by atoms with Crippen molar-refractivity contribution in [3.05, 3.63) is 58.1 Å². The van der Waals surface area contributed by atoms with Gasteiger partial charge in [-0.05, 0) is 77.4 Å². The van der Waals surface area contributed by atoms with Crippen molar-refractivity contribution in [1.29, 1.82) is 0 Å². The predicted octanol–water partition coefficient (Wildman–Crippen LogP) is 3.04. The number of anilines is 1. The minimum Gasteiger partial charge on any atom is -0.507 e. The molecule has 6 rings (SSSR count). The van der Waals surface area contributed by atoms with Crippen molar-refractivity contribution in [2.24, 2.45) is 0 Å². The van der Waals surface area contributed by atoms with Crippen LogP contribution in [0.25, 0.3) is 0 Å². The number of nitrogens with zero attached hydrogens (tertiary/aromatic N) is 5. The minimum absolute atomic E-state index is 0.00571. The summed E-state index contributed by atoms with van der Waals surface area (Å²) in [5.74, 6) is -0.304. The van der Waals surface area contributed by atoms with Gasteiger partial charge in [-0.2, -0.15) is 0 Å². The maximum Gasteiger partial charge on any atom is 0.410 e. The molecule has 1 atom stereocenters. The van der Waals surface area contributed by atoms with Gasteiger partial charge in [0.15, 0.2) is 6.10 Å². The van der Waals surface area contributed by atoms with Gasteiger partial charge in [0, 0.05) is 83.1 Å². The normalized spacial score (nSPS) is 20.3. The second-order valence-electron chi connectivity index (χ2n) is 13.7. The summed E-state index contributed by atoms with van der Waals surface area (Å²) < 4.78 is 6.51. The first-order chi connectivity index (χ1) is 24.7. The quantitative estimate of drug-likeness (QED) is 0.328. The maximum atomic E-state index is 14.0. The zero-order valence-corrected chi connectivity index (χ0v) is 30.7. The van der Waals surface area contributed by atoms with Crippen LogP contribution in [-0.2, 0) is 32.0 Å². The summed E-state index contributed by atoms with van der Waals surface area (Å²) in [6.45, 7) is 5.87.